The third-order valence-electron chi connectivity index (χ3n) is 6.72. The third-order valence-corrected chi connectivity index (χ3v) is 8.20. The van der Waals surface area contributed by atoms with E-state index in [1.807, 2.05) is 12.1 Å². The van der Waals surface area contributed by atoms with Crippen LogP contribution in [0.25, 0.3) is 0 Å². The molecular formula is C25H32FN3O3S. The zero-order chi connectivity index (χ0) is 23.3. The first-order chi connectivity index (χ1) is 15.9. The molecule has 2 aliphatic rings. The fraction of sp³-hybridized carbons (Fsp3) is 0.480. The van der Waals surface area contributed by atoms with Crippen molar-refractivity contribution in [1.29, 1.82) is 0 Å². The summed E-state index contributed by atoms with van der Waals surface area (Å²) in [5, 5.41) is 0. The lowest BCUT2D eigenvalue weighted by atomic mass is 9.84. The maximum Gasteiger partial charge on any atom is 0.240 e. The number of anilines is 1. The number of carbonyl (C=O) groups excluding carboxylic acids is 1. The molecule has 1 saturated heterocycles. The number of benzene rings is 2. The van der Waals surface area contributed by atoms with Crippen LogP contribution < -0.4 is 9.62 Å². The summed E-state index contributed by atoms with van der Waals surface area (Å²) in [6.07, 6.45) is 6.23. The summed E-state index contributed by atoms with van der Waals surface area (Å²) >= 11 is 0. The second kappa shape index (κ2) is 10.7. The van der Waals surface area contributed by atoms with E-state index < -0.39 is 10.0 Å². The number of nitrogens with one attached hydrogen (secondary N) is 1. The molecule has 0 unspecified atom stereocenters. The van der Waals surface area contributed by atoms with Crippen LogP contribution in [0, 0.1) is 5.82 Å². The minimum atomic E-state index is -3.64. The van der Waals surface area contributed by atoms with Gasteiger partial charge in [-0.05, 0) is 60.7 Å². The standard InChI is InChI=1S/C25H32FN3O3S/c26-22-8-10-23(11-9-22)28-16-18-29(19-17-28)25(30)14-15-27-33(31,32)24-12-6-21(7-13-24)20-4-2-1-3-5-20/h6-13,20,27H,1-5,14-19H2. The Kier molecular flexibility index (Phi) is 7.65. The summed E-state index contributed by atoms with van der Waals surface area (Å²) in [6, 6.07) is 13.5. The molecule has 1 aliphatic carbocycles. The lowest BCUT2D eigenvalue weighted by Gasteiger charge is -2.36. The van der Waals surface area contributed by atoms with Crippen LogP contribution in [0.15, 0.2) is 53.4 Å². The highest BCUT2D eigenvalue weighted by molar-refractivity contribution is 7.89. The van der Waals surface area contributed by atoms with E-state index in [2.05, 4.69) is 9.62 Å². The molecule has 8 heteroatoms. The van der Waals surface area contributed by atoms with Gasteiger partial charge in [-0.15, -0.1) is 0 Å². The van der Waals surface area contributed by atoms with Crippen LogP contribution in [0.4, 0.5) is 10.1 Å². The van der Waals surface area contributed by atoms with Crippen molar-refractivity contribution >= 4 is 21.6 Å². The van der Waals surface area contributed by atoms with Gasteiger partial charge in [0, 0.05) is 44.8 Å². The number of piperazine rings is 1. The lowest BCUT2D eigenvalue weighted by molar-refractivity contribution is -0.131. The number of carbonyl (C=O) groups is 1. The molecule has 2 fully saturated rings. The third kappa shape index (κ3) is 6.12. The topological polar surface area (TPSA) is 69.7 Å². The van der Waals surface area contributed by atoms with Crippen molar-refractivity contribution in [2.24, 2.45) is 0 Å². The maximum atomic E-state index is 13.1. The number of rotatable bonds is 7. The first-order valence-corrected chi connectivity index (χ1v) is 13.3. The highest BCUT2D eigenvalue weighted by Crippen LogP contribution is 2.32. The smallest absolute Gasteiger partial charge is 0.240 e. The molecule has 0 atom stereocenters. The Hall–Kier alpha value is -2.45. The molecule has 0 spiro atoms. The van der Waals surface area contributed by atoms with Gasteiger partial charge >= 0.3 is 0 Å². The van der Waals surface area contributed by atoms with E-state index in [9.17, 15) is 17.6 Å². The summed E-state index contributed by atoms with van der Waals surface area (Å²) in [4.78, 5) is 16.7. The van der Waals surface area contributed by atoms with Crippen molar-refractivity contribution in [3.8, 4) is 0 Å². The molecule has 1 heterocycles. The molecule has 2 aromatic carbocycles. The molecule has 178 valence electrons. The second-order valence-corrected chi connectivity index (χ2v) is 10.7. The SMILES string of the molecule is O=C(CCNS(=O)(=O)c1ccc(C2CCCCC2)cc1)N1CCN(c2ccc(F)cc2)CC1. The summed E-state index contributed by atoms with van der Waals surface area (Å²) < 4.78 is 40.9. The van der Waals surface area contributed by atoms with Gasteiger partial charge in [0.05, 0.1) is 4.90 Å². The van der Waals surface area contributed by atoms with Crippen molar-refractivity contribution in [3.63, 3.8) is 0 Å². The van der Waals surface area contributed by atoms with E-state index in [-0.39, 0.29) is 29.6 Å². The highest BCUT2D eigenvalue weighted by Gasteiger charge is 2.22. The van der Waals surface area contributed by atoms with Gasteiger partial charge in [-0.2, -0.15) is 0 Å². The fourth-order valence-corrected chi connectivity index (χ4v) is 5.79. The van der Waals surface area contributed by atoms with Crippen molar-refractivity contribution in [1.82, 2.24) is 9.62 Å². The van der Waals surface area contributed by atoms with Gasteiger partial charge in [-0.1, -0.05) is 31.4 Å². The van der Waals surface area contributed by atoms with E-state index in [4.69, 9.17) is 0 Å². The molecule has 0 bridgehead atoms. The summed E-state index contributed by atoms with van der Waals surface area (Å²) in [7, 11) is -3.64. The number of halogens is 1. The number of nitrogens with zero attached hydrogens (tertiary/aromatic N) is 2. The number of hydrogen-bond acceptors (Lipinski definition) is 4. The van der Waals surface area contributed by atoms with Crippen LogP contribution in [0.1, 0.15) is 50.0 Å². The second-order valence-electron chi connectivity index (χ2n) is 8.90. The zero-order valence-electron chi connectivity index (χ0n) is 18.9. The maximum absolute atomic E-state index is 13.1. The molecular weight excluding hydrogens is 441 g/mol. The van der Waals surface area contributed by atoms with Crippen LogP contribution >= 0.6 is 0 Å². The summed E-state index contributed by atoms with van der Waals surface area (Å²) in [5.74, 6) is 0.198. The number of sulfonamides is 1. The predicted octanol–water partition coefficient (Wildman–Crippen LogP) is 3.89. The average molecular weight is 474 g/mol. The molecule has 1 saturated carbocycles. The molecule has 4 rings (SSSR count). The Morgan fingerprint density at radius 2 is 1.55 bits per heavy atom. The normalized spacial score (nSPS) is 17.8. The van der Waals surface area contributed by atoms with Crippen molar-refractivity contribution in [3.05, 3.63) is 59.9 Å². The van der Waals surface area contributed by atoms with Crippen molar-refractivity contribution in [2.75, 3.05) is 37.6 Å². The van der Waals surface area contributed by atoms with Gasteiger partial charge in [-0.3, -0.25) is 4.79 Å². The van der Waals surface area contributed by atoms with Gasteiger partial charge in [0.2, 0.25) is 15.9 Å². The van der Waals surface area contributed by atoms with Gasteiger partial charge in [-0.25, -0.2) is 17.5 Å². The van der Waals surface area contributed by atoms with E-state index >= 15 is 0 Å². The molecule has 1 aliphatic heterocycles. The predicted molar refractivity (Wildman–Crippen MR) is 127 cm³/mol. The van der Waals surface area contributed by atoms with E-state index in [1.165, 1.54) is 49.8 Å². The monoisotopic (exact) mass is 473 g/mol. The Labute approximate surface area is 195 Å². The minimum absolute atomic E-state index is 0.0656. The van der Waals surface area contributed by atoms with Crippen molar-refractivity contribution < 1.29 is 17.6 Å². The van der Waals surface area contributed by atoms with Gasteiger partial charge in [0.1, 0.15) is 5.82 Å². The summed E-state index contributed by atoms with van der Waals surface area (Å²) in [6.45, 7) is 2.52. The van der Waals surface area contributed by atoms with E-state index in [0.29, 0.717) is 32.1 Å². The molecule has 33 heavy (non-hydrogen) atoms. The first-order valence-electron chi connectivity index (χ1n) is 11.8. The van der Waals surface area contributed by atoms with Gasteiger partial charge < -0.3 is 9.80 Å². The lowest BCUT2D eigenvalue weighted by Crippen LogP contribution is -2.49. The Morgan fingerprint density at radius 3 is 2.18 bits per heavy atom. The quantitative estimate of drug-likeness (QED) is 0.662. The molecule has 0 aromatic heterocycles. The van der Waals surface area contributed by atoms with Crippen LogP contribution in [0.2, 0.25) is 0 Å². The minimum Gasteiger partial charge on any atom is -0.368 e. The fourth-order valence-electron chi connectivity index (χ4n) is 4.75. The molecule has 6 nitrogen and oxygen atoms in total. The average Bonchev–Trinajstić information content (AvgIpc) is 2.85. The molecule has 1 N–H and O–H groups in total. The number of amides is 1. The van der Waals surface area contributed by atoms with Crippen molar-refractivity contribution in [2.45, 2.75) is 49.3 Å². The number of hydrogen-bond donors (Lipinski definition) is 1. The van der Waals surface area contributed by atoms with Crippen LogP contribution in [0.5, 0.6) is 0 Å². The van der Waals surface area contributed by atoms with Crippen LogP contribution in [-0.2, 0) is 14.8 Å². The van der Waals surface area contributed by atoms with E-state index in [1.54, 1.807) is 29.2 Å². The Morgan fingerprint density at radius 1 is 0.909 bits per heavy atom. The zero-order valence-corrected chi connectivity index (χ0v) is 19.7. The van der Waals surface area contributed by atoms with Crippen LogP contribution in [0.3, 0.4) is 0 Å². The molecule has 0 radical (unpaired) electrons. The largest absolute Gasteiger partial charge is 0.368 e. The van der Waals surface area contributed by atoms with Gasteiger partial charge in [0.25, 0.3) is 0 Å². The Bertz CT molecular complexity index is 1030. The van der Waals surface area contributed by atoms with Crippen LogP contribution in [-0.4, -0.2) is 51.9 Å². The molecule has 1 amide bonds. The first kappa shape index (κ1) is 23.7. The summed E-state index contributed by atoms with van der Waals surface area (Å²) in [5.41, 5.74) is 2.15. The highest BCUT2D eigenvalue weighted by atomic mass is 32.2. The van der Waals surface area contributed by atoms with E-state index in [0.717, 1.165) is 5.69 Å². The van der Waals surface area contributed by atoms with Gasteiger partial charge in [0.15, 0.2) is 0 Å². The molecule has 2 aromatic rings. The Balaban J connectivity index is 1.23.